The smallest absolute Gasteiger partial charge is 0.0566 e. The second kappa shape index (κ2) is 15.8. The molecule has 41 valence electrons. The molecule has 0 saturated heterocycles. The largest absolute Gasteiger partial charge is 0.412 e. The van der Waals surface area contributed by atoms with E-state index in [-0.39, 0.29) is 61.5 Å². The maximum absolute atomic E-state index is 7.74. The van der Waals surface area contributed by atoms with Crippen molar-refractivity contribution in [3.8, 4) is 0 Å². The number of halogens is 1. The van der Waals surface area contributed by atoms with Gasteiger partial charge in [-0.25, -0.2) is 0 Å². The number of hydrogen-bond acceptors (Lipinski definition) is 1. The molecule has 6 heavy (non-hydrogen) atoms. The fourth-order valence-electron chi connectivity index (χ4n) is 0. The molecule has 0 rings (SSSR count). The van der Waals surface area contributed by atoms with E-state index < -0.39 is 0 Å². The summed E-state index contributed by atoms with van der Waals surface area (Å²) in [5.41, 5.74) is 0. The Morgan fingerprint density at radius 3 is 1.67 bits per heavy atom. The molecule has 0 aliphatic rings. The fraction of sp³-hybridized carbons (Fsp3) is 1.00. The maximum Gasteiger partial charge on any atom is 0.0566 e. The van der Waals surface area contributed by atoms with Crippen LogP contribution in [0.5, 0.6) is 0 Å². The minimum Gasteiger partial charge on any atom is -0.412 e. The van der Waals surface area contributed by atoms with Gasteiger partial charge in [-0.05, 0) is 0 Å². The quantitative estimate of drug-likeness (QED) is 0.621. The predicted molar refractivity (Wildman–Crippen MR) is 21.4 cm³/mol. The Bertz CT molecular complexity index is 13.5. The number of alkyl halides is 1. The van der Waals surface area contributed by atoms with Gasteiger partial charge in [-0.2, -0.15) is 0 Å². The molecule has 0 unspecified atom stereocenters. The number of aliphatic hydroxyl groups excluding tert-OH is 1. The zero-order valence-electron chi connectivity index (χ0n) is 3.12. The third-order valence-electron chi connectivity index (χ3n) is 0.0845. The Morgan fingerprint density at radius 1 is 1.50 bits per heavy atom. The molecule has 0 aliphatic carbocycles. The van der Waals surface area contributed by atoms with E-state index in [0.717, 1.165) is 0 Å². The summed E-state index contributed by atoms with van der Waals surface area (Å²) in [5, 5.41) is 7.74. The molecule has 3 N–H and O–H groups in total. The third kappa shape index (κ3) is 17.1. The molecule has 0 aromatic heterocycles. The Labute approximate surface area is 82.7 Å². The minimum absolute atomic E-state index is 0. The van der Waals surface area contributed by atoms with E-state index in [4.69, 9.17) is 16.7 Å². The number of hydrogen-bond donors (Lipinski definition) is 1. The van der Waals surface area contributed by atoms with Gasteiger partial charge in [0.2, 0.25) is 0 Å². The van der Waals surface area contributed by atoms with Gasteiger partial charge in [0.05, 0.1) is 6.61 Å². The maximum atomic E-state index is 7.74. The first-order valence-corrected chi connectivity index (χ1v) is 1.62. The van der Waals surface area contributed by atoms with E-state index in [1.54, 1.807) is 0 Å². The normalized spacial score (nSPS) is 5.00. The van der Waals surface area contributed by atoms with Gasteiger partial charge in [-0.1, -0.05) is 0 Å². The van der Waals surface area contributed by atoms with Gasteiger partial charge in [-0.15, -0.1) is 11.6 Å². The van der Waals surface area contributed by atoms with Crippen molar-refractivity contribution in [1.82, 2.24) is 0 Å². The van der Waals surface area contributed by atoms with Crippen LogP contribution in [0.25, 0.3) is 0 Å². The summed E-state index contributed by atoms with van der Waals surface area (Å²) in [6, 6.07) is 0. The van der Waals surface area contributed by atoms with Crippen LogP contribution >= 0.6 is 11.6 Å². The van der Waals surface area contributed by atoms with Gasteiger partial charge in [0.1, 0.15) is 0 Å². The SMILES string of the molecule is O.OCCCl.[Eu]. The van der Waals surface area contributed by atoms with Crippen LogP contribution in [-0.4, -0.2) is 23.1 Å². The molecule has 0 saturated carbocycles. The second-order valence-electron chi connectivity index (χ2n) is 0.413. The zero-order chi connectivity index (χ0) is 3.41. The van der Waals surface area contributed by atoms with Crippen molar-refractivity contribution >= 4 is 11.6 Å². The standard InChI is InChI=1S/C2H5ClO.Eu.H2O/c3-1-2-4;;/h4H,1-2H2;;1H2. The summed E-state index contributed by atoms with van der Waals surface area (Å²) in [7, 11) is 0. The van der Waals surface area contributed by atoms with Crippen LogP contribution in [0.4, 0.5) is 0 Å². The van der Waals surface area contributed by atoms with Crippen molar-refractivity contribution in [2.75, 3.05) is 12.5 Å². The van der Waals surface area contributed by atoms with Gasteiger partial charge in [-0.3, -0.25) is 0 Å². The minimum atomic E-state index is 0. The van der Waals surface area contributed by atoms with E-state index in [0.29, 0.717) is 5.88 Å². The molecule has 0 heterocycles. The summed E-state index contributed by atoms with van der Waals surface area (Å²) in [4.78, 5) is 0. The first-order valence-electron chi connectivity index (χ1n) is 1.08. The van der Waals surface area contributed by atoms with E-state index in [9.17, 15) is 0 Å². The molecule has 0 amide bonds. The summed E-state index contributed by atoms with van der Waals surface area (Å²) < 4.78 is 0. The summed E-state index contributed by atoms with van der Waals surface area (Å²) in [5.74, 6) is 0.347. The molecule has 4 heteroatoms. The topological polar surface area (TPSA) is 51.7 Å². The molecular formula is C2H7ClEuO2. The van der Waals surface area contributed by atoms with Crippen molar-refractivity contribution in [3.05, 3.63) is 0 Å². The first kappa shape index (κ1) is 15.7. The van der Waals surface area contributed by atoms with Crippen LogP contribution in [-0.2, 0) is 0 Å². The Kier molecular flexibility index (Phi) is 41.3. The molecule has 1 radical (unpaired) electrons. The van der Waals surface area contributed by atoms with Crippen LogP contribution < -0.4 is 0 Å². The van der Waals surface area contributed by atoms with Gasteiger partial charge in [0, 0.05) is 55.3 Å². The van der Waals surface area contributed by atoms with Gasteiger partial charge >= 0.3 is 0 Å². The van der Waals surface area contributed by atoms with E-state index in [1.807, 2.05) is 0 Å². The van der Waals surface area contributed by atoms with Crippen LogP contribution in [0, 0.1) is 49.4 Å². The summed E-state index contributed by atoms with van der Waals surface area (Å²) >= 11 is 4.94. The van der Waals surface area contributed by atoms with Gasteiger partial charge in [0.15, 0.2) is 0 Å². The van der Waals surface area contributed by atoms with Crippen molar-refractivity contribution in [2.24, 2.45) is 0 Å². The molecule has 0 aliphatic heterocycles. The Hall–Kier alpha value is 1.79. The Balaban J connectivity index is -0.0000000450. The van der Waals surface area contributed by atoms with Crippen molar-refractivity contribution in [3.63, 3.8) is 0 Å². The van der Waals surface area contributed by atoms with Crippen LogP contribution in [0.2, 0.25) is 0 Å². The van der Waals surface area contributed by atoms with Gasteiger partial charge < -0.3 is 10.6 Å². The third-order valence-corrected chi connectivity index (χ3v) is 0.254. The van der Waals surface area contributed by atoms with E-state index >= 15 is 0 Å². The van der Waals surface area contributed by atoms with E-state index in [1.165, 1.54) is 0 Å². The average Bonchev–Trinajstić information content (AvgIpc) is 1.37. The molecule has 0 aromatic carbocycles. The number of aliphatic hydroxyl groups is 1. The molecule has 0 atom stereocenters. The Morgan fingerprint density at radius 2 is 1.67 bits per heavy atom. The summed E-state index contributed by atoms with van der Waals surface area (Å²) in [6.07, 6.45) is 0. The first-order chi connectivity index (χ1) is 1.91. The summed E-state index contributed by atoms with van der Waals surface area (Å²) in [6.45, 7) is 0.0849. The van der Waals surface area contributed by atoms with Crippen LogP contribution in [0.15, 0.2) is 0 Å². The monoisotopic (exact) mass is 251 g/mol. The van der Waals surface area contributed by atoms with Crippen LogP contribution in [0.3, 0.4) is 0 Å². The molecule has 0 aromatic rings. The number of rotatable bonds is 1. The molecule has 2 nitrogen and oxygen atoms in total. The second-order valence-corrected chi connectivity index (χ2v) is 0.791. The average molecular weight is 250 g/mol. The molecule has 0 fully saturated rings. The van der Waals surface area contributed by atoms with Crippen molar-refractivity contribution in [1.29, 1.82) is 0 Å². The van der Waals surface area contributed by atoms with Crippen molar-refractivity contribution < 1.29 is 60.0 Å². The molecule has 0 spiro atoms. The van der Waals surface area contributed by atoms with Crippen LogP contribution in [0.1, 0.15) is 0 Å². The molecule has 0 bridgehead atoms. The van der Waals surface area contributed by atoms with Gasteiger partial charge in [0.25, 0.3) is 0 Å². The predicted octanol–water partition coefficient (Wildman–Crippen LogP) is -0.607. The zero-order valence-corrected chi connectivity index (χ0v) is 6.30. The molecular weight excluding hydrogens is 243 g/mol. The van der Waals surface area contributed by atoms with E-state index in [2.05, 4.69) is 0 Å². The fourth-order valence-corrected chi connectivity index (χ4v) is 0. The van der Waals surface area contributed by atoms with Crippen molar-refractivity contribution in [2.45, 2.75) is 0 Å².